The predicted octanol–water partition coefficient (Wildman–Crippen LogP) is 4.02. The number of pyridine rings is 1. The molecule has 0 saturated carbocycles. The third-order valence-corrected chi connectivity index (χ3v) is 4.71. The van der Waals surface area contributed by atoms with E-state index >= 15 is 0 Å². The Morgan fingerprint density at radius 1 is 0.967 bits per heavy atom. The van der Waals surface area contributed by atoms with Crippen molar-refractivity contribution < 1.29 is 4.39 Å². The molecule has 3 aromatic heterocycles. The number of benzene rings is 1. The zero-order valence-electron chi connectivity index (χ0n) is 15.8. The van der Waals surface area contributed by atoms with Gasteiger partial charge in [-0.2, -0.15) is 4.98 Å². The van der Waals surface area contributed by atoms with Gasteiger partial charge in [0.15, 0.2) is 0 Å². The Labute approximate surface area is 177 Å². The van der Waals surface area contributed by atoms with Crippen molar-refractivity contribution in [1.82, 2.24) is 24.9 Å². The monoisotopic (exact) mass is 421 g/mol. The van der Waals surface area contributed by atoms with Crippen LogP contribution >= 0.6 is 11.6 Å². The Kier molecular flexibility index (Phi) is 5.76. The minimum absolute atomic E-state index is 0.00728. The molecule has 0 aliphatic carbocycles. The van der Waals surface area contributed by atoms with Crippen LogP contribution in [0.15, 0.2) is 61.4 Å². The predicted molar refractivity (Wildman–Crippen MR) is 114 cm³/mol. The van der Waals surface area contributed by atoms with E-state index in [1.54, 1.807) is 30.9 Å². The summed E-state index contributed by atoms with van der Waals surface area (Å²) in [5, 5.41) is 3.32. The summed E-state index contributed by atoms with van der Waals surface area (Å²) in [6.45, 7) is 0.602. The summed E-state index contributed by atoms with van der Waals surface area (Å²) in [7, 11) is 0. The van der Waals surface area contributed by atoms with Crippen molar-refractivity contribution in [2.75, 3.05) is 17.6 Å². The second kappa shape index (κ2) is 8.79. The molecule has 30 heavy (non-hydrogen) atoms. The summed E-state index contributed by atoms with van der Waals surface area (Å²) in [4.78, 5) is 21.0. The van der Waals surface area contributed by atoms with E-state index in [1.807, 2.05) is 12.1 Å². The lowest BCUT2D eigenvalue weighted by atomic mass is 10.0. The molecule has 0 spiro atoms. The number of nitrogens with two attached hydrogens (primary N) is 1. The van der Waals surface area contributed by atoms with E-state index in [2.05, 4.69) is 30.2 Å². The van der Waals surface area contributed by atoms with Crippen LogP contribution < -0.4 is 11.1 Å². The molecule has 0 radical (unpaired) electrons. The van der Waals surface area contributed by atoms with Crippen LogP contribution in [0.25, 0.3) is 22.4 Å². The van der Waals surface area contributed by atoms with Crippen molar-refractivity contribution in [2.45, 2.75) is 6.42 Å². The fourth-order valence-electron chi connectivity index (χ4n) is 3.03. The first-order chi connectivity index (χ1) is 14.6. The molecule has 0 aliphatic heterocycles. The first-order valence-electron chi connectivity index (χ1n) is 9.13. The number of rotatable bonds is 6. The van der Waals surface area contributed by atoms with Gasteiger partial charge >= 0.3 is 0 Å². The molecule has 3 N–H and O–H groups in total. The minimum atomic E-state index is -0.511. The summed E-state index contributed by atoms with van der Waals surface area (Å²) in [5.74, 6) is 0.0991. The summed E-state index contributed by atoms with van der Waals surface area (Å²) in [6, 6.07) is 8.29. The molecule has 4 rings (SSSR count). The van der Waals surface area contributed by atoms with Gasteiger partial charge in [-0.3, -0.25) is 4.98 Å². The van der Waals surface area contributed by atoms with Gasteiger partial charge in [-0.15, -0.1) is 0 Å². The molecule has 1 aromatic carbocycles. The molecule has 4 aromatic rings. The van der Waals surface area contributed by atoms with Crippen molar-refractivity contribution in [3.8, 4) is 22.4 Å². The molecule has 0 amide bonds. The smallest absolute Gasteiger partial charge is 0.222 e. The molecule has 0 unspecified atom stereocenters. The van der Waals surface area contributed by atoms with E-state index in [-0.39, 0.29) is 11.0 Å². The third kappa shape index (κ3) is 4.33. The van der Waals surface area contributed by atoms with E-state index in [9.17, 15) is 4.39 Å². The highest BCUT2D eigenvalue weighted by Crippen LogP contribution is 2.36. The van der Waals surface area contributed by atoms with E-state index in [4.69, 9.17) is 17.3 Å². The van der Waals surface area contributed by atoms with Gasteiger partial charge in [0.05, 0.1) is 16.3 Å². The quantitative estimate of drug-likeness (QED) is 0.484. The lowest BCUT2D eigenvalue weighted by Gasteiger charge is -2.16. The molecule has 0 fully saturated rings. The summed E-state index contributed by atoms with van der Waals surface area (Å²) >= 11 is 6.00. The van der Waals surface area contributed by atoms with Gasteiger partial charge in [-0.1, -0.05) is 11.6 Å². The van der Waals surface area contributed by atoms with Crippen LogP contribution in [0.5, 0.6) is 0 Å². The van der Waals surface area contributed by atoms with E-state index < -0.39 is 5.82 Å². The van der Waals surface area contributed by atoms with Crippen LogP contribution in [0.3, 0.4) is 0 Å². The van der Waals surface area contributed by atoms with Gasteiger partial charge in [-0.25, -0.2) is 19.3 Å². The van der Waals surface area contributed by atoms with Gasteiger partial charge in [0.2, 0.25) is 5.95 Å². The first-order valence-corrected chi connectivity index (χ1v) is 9.50. The molecular weight excluding hydrogens is 405 g/mol. The topological polar surface area (TPSA) is 102 Å². The highest BCUT2D eigenvalue weighted by Gasteiger charge is 2.18. The van der Waals surface area contributed by atoms with Gasteiger partial charge < -0.3 is 11.1 Å². The second-order valence-corrected chi connectivity index (χ2v) is 6.85. The SMILES string of the molecule is Nc1nc(NCCc2ccncc2)c(-c2cncnc2)c(-c2ccc(F)c(Cl)c2)n1. The Morgan fingerprint density at radius 2 is 1.73 bits per heavy atom. The molecule has 0 saturated heterocycles. The van der Waals surface area contributed by atoms with Gasteiger partial charge in [0.1, 0.15) is 18.0 Å². The number of nitrogens with one attached hydrogen (secondary N) is 1. The molecule has 0 atom stereocenters. The summed E-state index contributed by atoms with van der Waals surface area (Å²) < 4.78 is 13.7. The van der Waals surface area contributed by atoms with Crippen molar-refractivity contribution in [2.24, 2.45) is 0 Å². The number of aromatic nitrogens is 5. The first kappa shape index (κ1) is 19.7. The number of nitrogen functional groups attached to an aromatic ring is 1. The van der Waals surface area contributed by atoms with Crippen molar-refractivity contribution in [1.29, 1.82) is 0 Å². The zero-order valence-corrected chi connectivity index (χ0v) is 16.5. The maximum absolute atomic E-state index is 13.7. The van der Waals surface area contributed by atoms with Crippen LogP contribution in [0.2, 0.25) is 5.02 Å². The van der Waals surface area contributed by atoms with Crippen LogP contribution in [0, 0.1) is 5.82 Å². The highest BCUT2D eigenvalue weighted by molar-refractivity contribution is 6.31. The van der Waals surface area contributed by atoms with Crippen LogP contribution in [-0.2, 0) is 6.42 Å². The number of anilines is 2. The number of nitrogens with zero attached hydrogens (tertiary/aromatic N) is 5. The maximum Gasteiger partial charge on any atom is 0.222 e. The van der Waals surface area contributed by atoms with Crippen LogP contribution in [0.4, 0.5) is 16.2 Å². The zero-order chi connectivity index (χ0) is 20.9. The lowest BCUT2D eigenvalue weighted by molar-refractivity contribution is 0.628. The van der Waals surface area contributed by atoms with Crippen LogP contribution in [0.1, 0.15) is 5.56 Å². The average Bonchev–Trinajstić information content (AvgIpc) is 2.76. The molecule has 9 heteroatoms. The molecule has 3 heterocycles. The Hall–Kier alpha value is -3.65. The van der Waals surface area contributed by atoms with Crippen molar-refractivity contribution >= 4 is 23.4 Å². The van der Waals surface area contributed by atoms with Gasteiger partial charge in [0.25, 0.3) is 0 Å². The average molecular weight is 422 g/mol. The Morgan fingerprint density at radius 3 is 2.47 bits per heavy atom. The second-order valence-electron chi connectivity index (χ2n) is 6.44. The molecule has 0 aliphatic rings. The van der Waals surface area contributed by atoms with E-state index in [1.165, 1.54) is 18.5 Å². The maximum atomic E-state index is 13.7. The summed E-state index contributed by atoms with van der Waals surface area (Å²) in [6.07, 6.45) is 9.01. The van der Waals surface area contributed by atoms with Gasteiger partial charge in [-0.05, 0) is 42.3 Å². The highest BCUT2D eigenvalue weighted by atomic mass is 35.5. The Balaban J connectivity index is 1.76. The van der Waals surface area contributed by atoms with Crippen LogP contribution in [-0.4, -0.2) is 31.5 Å². The van der Waals surface area contributed by atoms with Crippen molar-refractivity contribution in [3.63, 3.8) is 0 Å². The number of hydrogen-bond donors (Lipinski definition) is 2. The minimum Gasteiger partial charge on any atom is -0.369 e. The van der Waals surface area contributed by atoms with Gasteiger partial charge in [0, 0.05) is 42.5 Å². The van der Waals surface area contributed by atoms with E-state index in [0.717, 1.165) is 12.0 Å². The third-order valence-electron chi connectivity index (χ3n) is 4.42. The normalized spacial score (nSPS) is 10.7. The number of halogens is 2. The van der Waals surface area contributed by atoms with E-state index in [0.29, 0.717) is 34.7 Å². The number of hydrogen-bond acceptors (Lipinski definition) is 7. The molecule has 0 bridgehead atoms. The molecule has 150 valence electrons. The fourth-order valence-corrected chi connectivity index (χ4v) is 3.22. The fraction of sp³-hybridized carbons (Fsp3) is 0.0952. The molecule has 7 nitrogen and oxygen atoms in total. The summed E-state index contributed by atoms with van der Waals surface area (Å²) in [5.41, 5.74) is 9.58. The largest absolute Gasteiger partial charge is 0.369 e. The standard InChI is InChI=1S/C21H17ClFN7/c22-16-9-14(1-2-17(16)23)19-18(15-10-26-12-27-11-15)20(30-21(24)29-19)28-8-5-13-3-6-25-7-4-13/h1-4,6-7,9-12H,5,8H2,(H3,24,28,29,30). The Bertz CT molecular complexity index is 1160. The lowest BCUT2D eigenvalue weighted by Crippen LogP contribution is -2.11. The molecular formula is C21H17ClFN7. The van der Waals surface area contributed by atoms with Crippen molar-refractivity contribution in [3.05, 3.63) is 77.8 Å².